The normalized spacial score (nSPS) is 16.1. The number of carbonyl (C=O) groups is 1. The minimum absolute atomic E-state index is 0.0807. The third-order valence-corrected chi connectivity index (χ3v) is 5.34. The SMILES string of the molecule is Cc1ccc(S(=O)(=O)NC(C)(C)C)cc1C(=O)N1CCCC1. The Morgan fingerprint density at radius 3 is 2.32 bits per heavy atom. The van der Waals surface area contributed by atoms with Crippen LogP contribution in [-0.4, -0.2) is 37.9 Å². The molecule has 6 heteroatoms. The molecule has 122 valence electrons. The van der Waals surface area contributed by atoms with E-state index in [2.05, 4.69) is 4.72 Å². The van der Waals surface area contributed by atoms with Gasteiger partial charge in [0, 0.05) is 24.2 Å². The third-order valence-electron chi connectivity index (χ3n) is 3.58. The largest absolute Gasteiger partial charge is 0.339 e. The van der Waals surface area contributed by atoms with Crippen molar-refractivity contribution in [3.05, 3.63) is 29.3 Å². The lowest BCUT2D eigenvalue weighted by Gasteiger charge is -2.21. The number of aryl methyl sites for hydroxylation is 1. The van der Waals surface area contributed by atoms with Gasteiger partial charge in [0.1, 0.15) is 0 Å². The second kappa shape index (κ2) is 6.01. The number of amides is 1. The van der Waals surface area contributed by atoms with Gasteiger partial charge >= 0.3 is 0 Å². The monoisotopic (exact) mass is 324 g/mol. The van der Waals surface area contributed by atoms with Gasteiger partial charge in [0.2, 0.25) is 10.0 Å². The number of sulfonamides is 1. The van der Waals surface area contributed by atoms with E-state index >= 15 is 0 Å². The fourth-order valence-electron chi connectivity index (χ4n) is 2.55. The van der Waals surface area contributed by atoms with E-state index in [1.165, 1.54) is 6.07 Å². The van der Waals surface area contributed by atoms with Crippen molar-refractivity contribution in [3.63, 3.8) is 0 Å². The predicted octanol–water partition coefficient (Wildman–Crippen LogP) is 2.31. The molecule has 1 fully saturated rings. The molecule has 2 rings (SSSR count). The summed E-state index contributed by atoms with van der Waals surface area (Å²) in [6, 6.07) is 4.73. The molecule has 0 radical (unpaired) electrons. The minimum atomic E-state index is -3.64. The van der Waals surface area contributed by atoms with Crippen molar-refractivity contribution in [1.82, 2.24) is 9.62 Å². The van der Waals surface area contributed by atoms with Gasteiger partial charge in [-0.05, 0) is 58.2 Å². The van der Waals surface area contributed by atoms with Gasteiger partial charge in [-0.25, -0.2) is 13.1 Å². The summed E-state index contributed by atoms with van der Waals surface area (Å²) >= 11 is 0. The Kier molecular flexibility index (Phi) is 4.63. The van der Waals surface area contributed by atoms with Gasteiger partial charge in [0.05, 0.1) is 4.90 Å². The summed E-state index contributed by atoms with van der Waals surface area (Å²) in [5.74, 6) is -0.0807. The van der Waals surface area contributed by atoms with Crippen LogP contribution in [0.5, 0.6) is 0 Å². The Morgan fingerprint density at radius 1 is 1.18 bits per heavy atom. The maximum atomic E-state index is 12.5. The number of nitrogens with one attached hydrogen (secondary N) is 1. The molecule has 0 spiro atoms. The number of benzene rings is 1. The van der Waals surface area contributed by atoms with Crippen LogP contribution in [-0.2, 0) is 10.0 Å². The van der Waals surface area contributed by atoms with Gasteiger partial charge < -0.3 is 4.90 Å². The van der Waals surface area contributed by atoms with Crippen molar-refractivity contribution in [3.8, 4) is 0 Å². The van der Waals surface area contributed by atoms with E-state index in [0.717, 1.165) is 31.5 Å². The van der Waals surface area contributed by atoms with E-state index in [-0.39, 0.29) is 10.8 Å². The van der Waals surface area contributed by atoms with Gasteiger partial charge in [0.15, 0.2) is 0 Å². The van der Waals surface area contributed by atoms with Crippen LogP contribution < -0.4 is 4.72 Å². The molecule has 0 bridgehead atoms. The molecule has 1 aliphatic rings. The molecule has 0 aliphatic carbocycles. The molecule has 22 heavy (non-hydrogen) atoms. The zero-order chi connectivity index (χ0) is 16.5. The Bertz CT molecular complexity index is 669. The number of nitrogens with zero attached hydrogens (tertiary/aromatic N) is 1. The van der Waals surface area contributed by atoms with Crippen LogP contribution in [0.2, 0.25) is 0 Å². The number of hydrogen-bond acceptors (Lipinski definition) is 3. The topological polar surface area (TPSA) is 66.5 Å². The third kappa shape index (κ3) is 3.87. The van der Waals surface area contributed by atoms with Gasteiger partial charge in [0.25, 0.3) is 5.91 Å². The molecule has 0 saturated carbocycles. The van der Waals surface area contributed by atoms with Crippen LogP contribution in [0.1, 0.15) is 49.5 Å². The highest BCUT2D eigenvalue weighted by molar-refractivity contribution is 7.89. The Hall–Kier alpha value is -1.40. The van der Waals surface area contributed by atoms with E-state index in [0.29, 0.717) is 5.56 Å². The summed E-state index contributed by atoms with van der Waals surface area (Å²) in [6.07, 6.45) is 2.02. The number of carbonyl (C=O) groups excluding carboxylic acids is 1. The predicted molar refractivity (Wildman–Crippen MR) is 86.4 cm³/mol. The molecular weight excluding hydrogens is 300 g/mol. The molecule has 1 heterocycles. The quantitative estimate of drug-likeness (QED) is 0.928. The second-order valence-electron chi connectivity index (χ2n) is 6.83. The van der Waals surface area contributed by atoms with Crippen molar-refractivity contribution >= 4 is 15.9 Å². The highest BCUT2D eigenvalue weighted by Gasteiger charge is 2.25. The fraction of sp³-hybridized carbons (Fsp3) is 0.562. The molecule has 0 unspecified atom stereocenters. The lowest BCUT2D eigenvalue weighted by atomic mass is 10.1. The van der Waals surface area contributed by atoms with Crippen LogP contribution in [0.4, 0.5) is 0 Å². The van der Waals surface area contributed by atoms with E-state index < -0.39 is 15.6 Å². The number of rotatable bonds is 3. The average Bonchev–Trinajstić information content (AvgIpc) is 2.89. The zero-order valence-corrected chi connectivity index (χ0v) is 14.5. The van der Waals surface area contributed by atoms with Crippen molar-refractivity contribution in [1.29, 1.82) is 0 Å². The molecule has 0 atom stereocenters. The zero-order valence-electron chi connectivity index (χ0n) is 13.6. The van der Waals surface area contributed by atoms with Crippen LogP contribution in [0.25, 0.3) is 0 Å². The van der Waals surface area contributed by atoms with Gasteiger partial charge in [-0.15, -0.1) is 0 Å². The molecule has 0 aromatic heterocycles. The van der Waals surface area contributed by atoms with Gasteiger partial charge in [-0.2, -0.15) is 0 Å². The first-order valence-electron chi connectivity index (χ1n) is 7.54. The minimum Gasteiger partial charge on any atom is -0.339 e. The molecule has 1 amide bonds. The second-order valence-corrected chi connectivity index (χ2v) is 8.51. The molecule has 1 N–H and O–H groups in total. The highest BCUT2D eigenvalue weighted by atomic mass is 32.2. The first kappa shape index (κ1) is 17.0. The first-order valence-corrected chi connectivity index (χ1v) is 9.02. The van der Waals surface area contributed by atoms with E-state index in [1.54, 1.807) is 37.8 Å². The summed E-state index contributed by atoms with van der Waals surface area (Å²) in [5, 5.41) is 0. The maximum absolute atomic E-state index is 12.5. The lowest BCUT2D eigenvalue weighted by molar-refractivity contribution is 0.0792. The Balaban J connectivity index is 2.36. The van der Waals surface area contributed by atoms with Crippen LogP contribution in [0.3, 0.4) is 0 Å². The average molecular weight is 324 g/mol. The number of likely N-dealkylation sites (tertiary alicyclic amines) is 1. The Labute approximate surface area is 132 Å². The van der Waals surface area contributed by atoms with E-state index in [9.17, 15) is 13.2 Å². The maximum Gasteiger partial charge on any atom is 0.254 e. The van der Waals surface area contributed by atoms with Crippen LogP contribution in [0, 0.1) is 6.92 Å². The van der Waals surface area contributed by atoms with E-state index in [4.69, 9.17) is 0 Å². The van der Waals surface area contributed by atoms with E-state index in [1.807, 2.05) is 6.92 Å². The molecule has 1 aromatic rings. The van der Waals surface area contributed by atoms with Crippen molar-refractivity contribution < 1.29 is 13.2 Å². The highest BCUT2D eigenvalue weighted by Crippen LogP contribution is 2.20. The molecular formula is C16H24N2O3S. The smallest absolute Gasteiger partial charge is 0.254 e. The summed E-state index contributed by atoms with van der Waals surface area (Å²) in [4.78, 5) is 14.5. The summed E-state index contributed by atoms with van der Waals surface area (Å²) in [7, 11) is -3.64. The van der Waals surface area contributed by atoms with Crippen molar-refractivity contribution in [2.45, 2.75) is 51.0 Å². The molecule has 1 aromatic carbocycles. The first-order chi connectivity index (χ1) is 10.1. The Morgan fingerprint density at radius 2 is 1.77 bits per heavy atom. The summed E-state index contributed by atoms with van der Waals surface area (Å²) in [6.45, 7) is 8.68. The van der Waals surface area contributed by atoms with Crippen molar-refractivity contribution in [2.75, 3.05) is 13.1 Å². The molecule has 1 aliphatic heterocycles. The lowest BCUT2D eigenvalue weighted by Crippen LogP contribution is -2.40. The molecule has 5 nitrogen and oxygen atoms in total. The van der Waals surface area contributed by atoms with Crippen LogP contribution in [0.15, 0.2) is 23.1 Å². The number of hydrogen-bond donors (Lipinski definition) is 1. The standard InChI is InChI=1S/C16H24N2O3S/c1-12-7-8-13(22(20,21)17-16(2,3)4)11-14(12)15(19)18-9-5-6-10-18/h7-8,11,17H,5-6,9-10H2,1-4H3. The van der Waals surface area contributed by atoms with Crippen LogP contribution >= 0.6 is 0 Å². The van der Waals surface area contributed by atoms with Gasteiger partial charge in [-0.1, -0.05) is 6.07 Å². The summed E-state index contributed by atoms with van der Waals surface area (Å²) < 4.78 is 27.5. The summed E-state index contributed by atoms with van der Waals surface area (Å²) in [5.41, 5.74) is 0.702. The van der Waals surface area contributed by atoms with Crippen molar-refractivity contribution in [2.24, 2.45) is 0 Å². The molecule has 1 saturated heterocycles. The van der Waals surface area contributed by atoms with Gasteiger partial charge in [-0.3, -0.25) is 4.79 Å². The fourth-order valence-corrected chi connectivity index (χ4v) is 4.00.